The van der Waals surface area contributed by atoms with Gasteiger partial charge in [0.25, 0.3) is 0 Å². The van der Waals surface area contributed by atoms with Crippen molar-refractivity contribution in [3.05, 3.63) is 102 Å². The molecule has 1 heterocycles. The summed E-state index contributed by atoms with van der Waals surface area (Å²) in [5.41, 5.74) is 3.02. The Labute approximate surface area is 191 Å². The van der Waals surface area contributed by atoms with E-state index in [0.717, 1.165) is 36.3 Å². The average Bonchev–Trinajstić information content (AvgIpc) is 3.34. The molecule has 0 amide bonds. The van der Waals surface area contributed by atoms with Crippen molar-refractivity contribution >= 4 is 10.0 Å². The Kier molecular flexibility index (Phi) is 7.71. The molecule has 1 aliphatic heterocycles. The summed E-state index contributed by atoms with van der Waals surface area (Å²) in [4.78, 5) is 0.325. The molecule has 1 aliphatic rings. The van der Waals surface area contributed by atoms with Crippen LogP contribution in [0.2, 0.25) is 0 Å². The van der Waals surface area contributed by atoms with Gasteiger partial charge in [-0.05, 0) is 48.2 Å². The molecule has 0 radical (unpaired) electrons. The van der Waals surface area contributed by atoms with Crippen LogP contribution in [0.15, 0.2) is 89.8 Å². The molecule has 168 valence electrons. The van der Waals surface area contributed by atoms with Crippen LogP contribution in [0.4, 0.5) is 0 Å². The van der Waals surface area contributed by atoms with Gasteiger partial charge in [0.2, 0.25) is 10.0 Å². The van der Waals surface area contributed by atoms with Gasteiger partial charge in [-0.2, -0.15) is 4.31 Å². The zero-order valence-corrected chi connectivity index (χ0v) is 19.1. The van der Waals surface area contributed by atoms with E-state index in [4.69, 9.17) is 0 Å². The number of benzene rings is 3. The molecule has 0 saturated carbocycles. The Balaban J connectivity index is 1.47. The van der Waals surface area contributed by atoms with Crippen molar-refractivity contribution in [3.8, 4) is 0 Å². The van der Waals surface area contributed by atoms with Crippen LogP contribution in [-0.2, 0) is 29.7 Å². The van der Waals surface area contributed by atoms with Crippen LogP contribution < -0.4 is 10.6 Å². The summed E-state index contributed by atoms with van der Waals surface area (Å²) in [6, 6.07) is 27.3. The van der Waals surface area contributed by atoms with Crippen molar-refractivity contribution in [2.45, 2.75) is 43.4 Å². The SMILES string of the molecule is O=S(=O)(c1ccc(CNCC2CCCN2)cc1)N(Cc1ccccc1)Cc1ccccc1. The van der Waals surface area contributed by atoms with Crippen molar-refractivity contribution < 1.29 is 8.42 Å². The number of sulfonamides is 1. The van der Waals surface area contributed by atoms with Gasteiger partial charge in [-0.15, -0.1) is 0 Å². The van der Waals surface area contributed by atoms with Crippen LogP contribution in [0.5, 0.6) is 0 Å². The molecule has 1 fully saturated rings. The van der Waals surface area contributed by atoms with Gasteiger partial charge in [0, 0.05) is 32.2 Å². The maximum atomic E-state index is 13.5. The molecule has 0 aliphatic carbocycles. The summed E-state index contributed by atoms with van der Waals surface area (Å²) in [7, 11) is -3.64. The first-order chi connectivity index (χ1) is 15.6. The van der Waals surface area contributed by atoms with Crippen LogP contribution >= 0.6 is 0 Å². The predicted octanol–water partition coefficient (Wildman–Crippen LogP) is 3.92. The van der Waals surface area contributed by atoms with E-state index in [1.165, 1.54) is 12.8 Å². The molecule has 1 unspecified atom stereocenters. The van der Waals surface area contributed by atoms with E-state index in [1.54, 1.807) is 16.4 Å². The molecular weight excluding hydrogens is 418 g/mol. The average molecular weight is 450 g/mol. The summed E-state index contributed by atoms with van der Waals surface area (Å²) in [6.45, 7) is 3.42. The van der Waals surface area contributed by atoms with E-state index in [0.29, 0.717) is 24.0 Å². The van der Waals surface area contributed by atoms with Crippen molar-refractivity contribution in [1.82, 2.24) is 14.9 Å². The topological polar surface area (TPSA) is 61.4 Å². The number of hydrogen-bond donors (Lipinski definition) is 2. The van der Waals surface area contributed by atoms with E-state index < -0.39 is 10.0 Å². The summed E-state index contributed by atoms with van der Waals surface area (Å²) in [6.07, 6.45) is 2.45. The zero-order valence-electron chi connectivity index (χ0n) is 18.3. The Morgan fingerprint density at radius 2 is 1.41 bits per heavy atom. The van der Waals surface area contributed by atoms with Gasteiger partial charge in [-0.1, -0.05) is 72.8 Å². The quantitative estimate of drug-likeness (QED) is 0.493. The van der Waals surface area contributed by atoms with Crippen LogP contribution in [0, 0.1) is 0 Å². The van der Waals surface area contributed by atoms with E-state index >= 15 is 0 Å². The summed E-state index contributed by atoms with van der Waals surface area (Å²) < 4.78 is 28.6. The lowest BCUT2D eigenvalue weighted by Gasteiger charge is -2.23. The summed E-state index contributed by atoms with van der Waals surface area (Å²) >= 11 is 0. The van der Waals surface area contributed by atoms with Crippen LogP contribution in [0.3, 0.4) is 0 Å². The first-order valence-corrected chi connectivity index (χ1v) is 12.7. The highest BCUT2D eigenvalue weighted by Crippen LogP contribution is 2.22. The highest BCUT2D eigenvalue weighted by molar-refractivity contribution is 7.89. The van der Waals surface area contributed by atoms with E-state index in [-0.39, 0.29) is 0 Å². The second-order valence-electron chi connectivity index (χ2n) is 8.31. The van der Waals surface area contributed by atoms with Crippen molar-refractivity contribution in [1.29, 1.82) is 0 Å². The first-order valence-electron chi connectivity index (χ1n) is 11.2. The standard InChI is InChI=1S/C26H31N3O2S/c30-32(31,26-15-13-22(14-16-26)18-27-19-25-12-7-17-28-25)29(20-23-8-3-1-4-9-23)21-24-10-5-2-6-11-24/h1-6,8-11,13-16,25,27-28H,7,12,17-21H2. The lowest BCUT2D eigenvalue weighted by atomic mass is 10.2. The largest absolute Gasteiger partial charge is 0.313 e. The zero-order chi connectivity index (χ0) is 22.2. The van der Waals surface area contributed by atoms with Gasteiger partial charge in [-0.3, -0.25) is 0 Å². The van der Waals surface area contributed by atoms with Gasteiger partial charge in [-0.25, -0.2) is 8.42 Å². The minimum Gasteiger partial charge on any atom is -0.313 e. The fourth-order valence-corrected chi connectivity index (χ4v) is 5.47. The normalized spacial score (nSPS) is 16.5. The molecule has 4 rings (SSSR count). The molecule has 0 spiro atoms. The van der Waals surface area contributed by atoms with Crippen molar-refractivity contribution in [3.63, 3.8) is 0 Å². The van der Waals surface area contributed by atoms with E-state index in [1.807, 2.05) is 72.8 Å². The number of nitrogens with one attached hydrogen (secondary N) is 2. The molecule has 3 aromatic rings. The first kappa shape index (κ1) is 22.7. The maximum absolute atomic E-state index is 13.5. The highest BCUT2D eigenvalue weighted by atomic mass is 32.2. The highest BCUT2D eigenvalue weighted by Gasteiger charge is 2.25. The second kappa shape index (κ2) is 10.9. The predicted molar refractivity (Wildman–Crippen MR) is 128 cm³/mol. The molecular formula is C26H31N3O2S. The van der Waals surface area contributed by atoms with Crippen LogP contribution in [0.1, 0.15) is 29.5 Å². The lowest BCUT2D eigenvalue weighted by molar-refractivity contribution is 0.401. The molecule has 0 bridgehead atoms. The van der Waals surface area contributed by atoms with Gasteiger partial charge in [0.1, 0.15) is 0 Å². The van der Waals surface area contributed by atoms with Crippen molar-refractivity contribution in [2.75, 3.05) is 13.1 Å². The maximum Gasteiger partial charge on any atom is 0.243 e. The Morgan fingerprint density at radius 1 is 0.812 bits per heavy atom. The summed E-state index contributed by atoms with van der Waals surface area (Å²) in [5.74, 6) is 0. The van der Waals surface area contributed by atoms with Gasteiger partial charge in [0.15, 0.2) is 0 Å². The Morgan fingerprint density at radius 3 is 1.94 bits per heavy atom. The Hall–Kier alpha value is -2.51. The number of hydrogen-bond acceptors (Lipinski definition) is 4. The molecule has 5 nitrogen and oxygen atoms in total. The van der Waals surface area contributed by atoms with Crippen LogP contribution in [-0.4, -0.2) is 31.9 Å². The number of rotatable bonds is 10. The molecule has 2 N–H and O–H groups in total. The fraction of sp³-hybridized carbons (Fsp3) is 0.308. The van der Waals surface area contributed by atoms with Gasteiger partial charge in [0.05, 0.1) is 4.90 Å². The van der Waals surface area contributed by atoms with E-state index in [9.17, 15) is 8.42 Å². The third-order valence-electron chi connectivity index (χ3n) is 5.85. The third-order valence-corrected chi connectivity index (χ3v) is 7.65. The van der Waals surface area contributed by atoms with Gasteiger partial charge < -0.3 is 10.6 Å². The smallest absolute Gasteiger partial charge is 0.243 e. The monoisotopic (exact) mass is 449 g/mol. The molecule has 6 heteroatoms. The number of nitrogens with zero attached hydrogens (tertiary/aromatic N) is 1. The van der Waals surface area contributed by atoms with E-state index in [2.05, 4.69) is 10.6 Å². The minimum atomic E-state index is -3.64. The Bertz CT molecular complexity index is 1020. The third kappa shape index (κ3) is 6.04. The molecule has 1 saturated heterocycles. The van der Waals surface area contributed by atoms with Gasteiger partial charge >= 0.3 is 0 Å². The van der Waals surface area contributed by atoms with Crippen molar-refractivity contribution in [2.24, 2.45) is 0 Å². The minimum absolute atomic E-state index is 0.325. The van der Waals surface area contributed by atoms with Crippen LogP contribution in [0.25, 0.3) is 0 Å². The summed E-state index contributed by atoms with van der Waals surface area (Å²) in [5, 5.41) is 6.94. The second-order valence-corrected chi connectivity index (χ2v) is 10.3. The molecule has 32 heavy (non-hydrogen) atoms. The molecule has 3 aromatic carbocycles. The molecule has 1 atom stereocenters. The fourth-order valence-electron chi connectivity index (χ4n) is 4.05. The molecule has 0 aromatic heterocycles. The lowest BCUT2D eigenvalue weighted by Crippen LogP contribution is -2.33.